The molecule has 0 saturated heterocycles. The summed E-state index contributed by atoms with van der Waals surface area (Å²) in [7, 11) is 0. The number of hydrogen-bond acceptors (Lipinski definition) is 5. The predicted molar refractivity (Wildman–Crippen MR) is 110 cm³/mol. The monoisotopic (exact) mass is 387 g/mol. The van der Waals surface area contributed by atoms with Crippen molar-refractivity contribution in [3.05, 3.63) is 84.7 Å². The Bertz CT molecular complexity index is 1070. The largest absolute Gasteiger partial charge is 0.384 e. The third-order valence-corrected chi connectivity index (χ3v) is 4.46. The van der Waals surface area contributed by atoms with Crippen molar-refractivity contribution in [2.75, 3.05) is 12.3 Å². The number of aryl methyl sites for hydroxylation is 1. The molecule has 3 aromatic heterocycles. The first-order valence-corrected chi connectivity index (χ1v) is 9.33. The highest BCUT2D eigenvalue weighted by atomic mass is 16.1. The van der Waals surface area contributed by atoms with E-state index in [1.165, 1.54) is 0 Å². The fourth-order valence-electron chi connectivity index (χ4n) is 2.99. The Labute approximate surface area is 168 Å². The van der Waals surface area contributed by atoms with Crippen LogP contribution in [-0.4, -0.2) is 36.8 Å². The van der Waals surface area contributed by atoms with Crippen LogP contribution in [0.5, 0.6) is 0 Å². The molecule has 1 amide bonds. The summed E-state index contributed by atoms with van der Waals surface area (Å²) >= 11 is 0. The summed E-state index contributed by atoms with van der Waals surface area (Å²) in [5.41, 5.74) is 8.41. The van der Waals surface area contributed by atoms with E-state index >= 15 is 0 Å². The lowest BCUT2D eigenvalue weighted by Crippen LogP contribution is -2.25. The topological polar surface area (TPSA) is 104 Å². The number of carbonyl (C=O) groups excluding carboxylic acids is 1. The number of nitrogens with two attached hydrogens (primary N) is 1. The minimum Gasteiger partial charge on any atom is -0.384 e. The summed E-state index contributed by atoms with van der Waals surface area (Å²) < 4.78 is 3.50. The first kappa shape index (κ1) is 18.4. The molecular weight excluding hydrogens is 366 g/mol. The molecule has 0 unspecified atom stereocenters. The third kappa shape index (κ3) is 4.32. The SMILES string of the molecule is Nc1cc(CCCNC(=O)c2ccc(-n3ccnc3)nc2)nn1-c1ccccc1. The molecule has 0 spiro atoms. The quantitative estimate of drug-likeness (QED) is 0.474. The molecule has 0 aliphatic carbocycles. The molecule has 146 valence electrons. The normalized spacial score (nSPS) is 10.8. The lowest BCUT2D eigenvalue weighted by atomic mass is 10.2. The summed E-state index contributed by atoms with van der Waals surface area (Å²) in [6, 6.07) is 15.2. The fraction of sp³-hybridized carbons (Fsp3) is 0.143. The van der Waals surface area contributed by atoms with Crippen LogP contribution < -0.4 is 11.1 Å². The zero-order chi connectivity index (χ0) is 20.1. The Balaban J connectivity index is 1.28. The van der Waals surface area contributed by atoms with Crippen LogP contribution in [0.15, 0.2) is 73.4 Å². The third-order valence-electron chi connectivity index (χ3n) is 4.46. The molecule has 0 saturated carbocycles. The van der Waals surface area contributed by atoms with Gasteiger partial charge in [-0.3, -0.25) is 9.36 Å². The second kappa shape index (κ2) is 8.39. The van der Waals surface area contributed by atoms with E-state index in [-0.39, 0.29) is 5.91 Å². The number of aromatic nitrogens is 5. The van der Waals surface area contributed by atoms with Gasteiger partial charge >= 0.3 is 0 Å². The van der Waals surface area contributed by atoms with Crippen LogP contribution in [-0.2, 0) is 6.42 Å². The van der Waals surface area contributed by atoms with Gasteiger partial charge in [-0.15, -0.1) is 0 Å². The maximum absolute atomic E-state index is 12.3. The highest BCUT2D eigenvalue weighted by Crippen LogP contribution is 2.15. The van der Waals surface area contributed by atoms with Gasteiger partial charge in [-0.05, 0) is 37.1 Å². The second-order valence-corrected chi connectivity index (χ2v) is 6.54. The first-order valence-electron chi connectivity index (χ1n) is 9.33. The van der Waals surface area contributed by atoms with Gasteiger partial charge in [0.2, 0.25) is 0 Å². The fourth-order valence-corrected chi connectivity index (χ4v) is 2.99. The van der Waals surface area contributed by atoms with E-state index in [4.69, 9.17) is 5.73 Å². The molecule has 4 rings (SSSR count). The number of anilines is 1. The number of carbonyl (C=O) groups is 1. The summed E-state index contributed by atoms with van der Waals surface area (Å²) in [5, 5.41) is 7.46. The van der Waals surface area contributed by atoms with E-state index in [1.807, 2.05) is 36.4 Å². The molecule has 0 aliphatic heterocycles. The lowest BCUT2D eigenvalue weighted by Gasteiger charge is -2.06. The molecule has 0 aliphatic rings. The van der Waals surface area contributed by atoms with Gasteiger partial charge in [0.15, 0.2) is 0 Å². The number of nitrogens with one attached hydrogen (secondary N) is 1. The van der Waals surface area contributed by atoms with E-state index in [0.29, 0.717) is 23.7 Å². The zero-order valence-electron chi connectivity index (χ0n) is 15.8. The number of para-hydroxylation sites is 1. The summed E-state index contributed by atoms with van der Waals surface area (Å²) in [5.74, 6) is 1.16. The maximum atomic E-state index is 12.3. The average Bonchev–Trinajstić information content (AvgIpc) is 3.42. The van der Waals surface area contributed by atoms with E-state index in [0.717, 1.165) is 24.2 Å². The number of imidazole rings is 1. The molecule has 8 nitrogen and oxygen atoms in total. The van der Waals surface area contributed by atoms with Gasteiger partial charge in [0.1, 0.15) is 18.0 Å². The number of rotatable bonds is 7. The highest BCUT2D eigenvalue weighted by Gasteiger charge is 2.09. The lowest BCUT2D eigenvalue weighted by molar-refractivity contribution is 0.0953. The van der Waals surface area contributed by atoms with Gasteiger partial charge < -0.3 is 11.1 Å². The van der Waals surface area contributed by atoms with Crippen molar-refractivity contribution in [1.82, 2.24) is 29.6 Å². The van der Waals surface area contributed by atoms with Gasteiger partial charge in [0.25, 0.3) is 5.91 Å². The van der Waals surface area contributed by atoms with Crippen molar-refractivity contribution in [2.24, 2.45) is 0 Å². The Kier molecular flexibility index (Phi) is 5.33. The van der Waals surface area contributed by atoms with Gasteiger partial charge in [0, 0.05) is 31.2 Å². The Morgan fingerprint density at radius 2 is 2.00 bits per heavy atom. The van der Waals surface area contributed by atoms with Crippen LogP contribution in [0.4, 0.5) is 5.82 Å². The van der Waals surface area contributed by atoms with Crippen molar-refractivity contribution in [1.29, 1.82) is 0 Å². The van der Waals surface area contributed by atoms with Crippen molar-refractivity contribution in [3.8, 4) is 11.5 Å². The summed E-state index contributed by atoms with van der Waals surface area (Å²) in [4.78, 5) is 20.6. The second-order valence-electron chi connectivity index (χ2n) is 6.54. The van der Waals surface area contributed by atoms with Crippen molar-refractivity contribution in [2.45, 2.75) is 12.8 Å². The summed E-state index contributed by atoms with van der Waals surface area (Å²) in [6.45, 7) is 0.542. The van der Waals surface area contributed by atoms with E-state index < -0.39 is 0 Å². The molecule has 0 fully saturated rings. The minimum atomic E-state index is -0.149. The molecular formula is C21H21N7O. The number of nitrogen functional groups attached to an aromatic ring is 1. The molecule has 0 radical (unpaired) electrons. The zero-order valence-corrected chi connectivity index (χ0v) is 15.8. The number of hydrogen-bond donors (Lipinski definition) is 2. The van der Waals surface area contributed by atoms with Gasteiger partial charge in [-0.25, -0.2) is 14.6 Å². The van der Waals surface area contributed by atoms with Crippen LogP contribution in [0.2, 0.25) is 0 Å². The van der Waals surface area contributed by atoms with E-state index in [9.17, 15) is 4.79 Å². The van der Waals surface area contributed by atoms with Crippen LogP contribution in [0.1, 0.15) is 22.5 Å². The Morgan fingerprint density at radius 1 is 1.14 bits per heavy atom. The van der Waals surface area contributed by atoms with Crippen molar-refractivity contribution in [3.63, 3.8) is 0 Å². The van der Waals surface area contributed by atoms with E-state index in [1.54, 1.807) is 46.3 Å². The van der Waals surface area contributed by atoms with Gasteiger partial charge in [-0.2, -0.15) is 5.10 Å². The highest BCUT2D eigenvalue weighted by molar-refractivity contribution is 5.93. The van der Waals surface area contributed by atoms with Crippen LogP contribution in [0, 0.1) is 0 Å². The number of nitrogens with zero attached hydrogens (tertiary/aromatic N) is 5. The first-order chi connectivity index (χ1) is 14.2. The molecule has 0 atom stereocenters. The standard InChI is InChI=1S/C21H21N7O/c22-19-13-17(26-28(19)18-6-2-1-3-7-18)5-4-10-24-21(29)16-8-9-20(25-14-16)27-12-11-23-15-27/h1-3,6-9,11-15H,4-5,10,22H2,(H,24,29). The Hall–Kier alpha value is -3.94. The van der Waals surface area contributed by atoms with Crippen LogP contribution >= 0.6 is 0 Å². The number of pyridine rings is 1. The van der Waals surface area contributed by atoms with Crippen LogP contribution in [0.25, 0.3) is 11.5 Å². The molecule has 29 heavy (non-hydrogen) atoms. The summed E-state index contributed by atoms with van der Waals surface area (Å²) in [6.07, 6.45) is 8.19. The number of benzene rings is 1. The van der Waals surface area contributed by atoms with Gasteiger partial charge in [0.05, 0.1) is 16.9 Å². The predicted octanol–water partition coefficient (Wildman–Crippen LogP) is 2.40. The smallest absolute Gasteiger partial charge is 0.252 e. The van der Waals surface area contributed by atoms with Gasteiger partial charge in [-0.1, -0.05) is 18.2 Å². The van der Waals surface area contributed by atoms with Crippen molar-refractivity contribution < 1.29 is 4.79 Å². The molecule has 0 bridgehead atoms. The maximum Gasteiger partial charge on any atom is 0.252 e. The molecule has 8 heteroatoms. The van der Waals surface area contributed by atoms with Crippen molar-refractivity contribution >= 4 is 11.7 Å². The molecule has 4 aromatic rings. The average molecular weight is 387 g/mol. The Morgan fingerprint density at radius 3 is 2.72 bits per heavy atom. The number of amides is 1. The minimum absolute atomic E-state index is 0.149. The van der Waals surface area contributed by atoms with Crippen LogP contribution in [0.3, 0.4) is 0 Å². The van der Waals surface area contributed by atoms with E-state index in [2.05, 4.69) is 20.4 Å². The molecule has 1 aromatic carbocycles. The molecule has 3 heterocycles. The molecule has 3 N–H and O–H groups in total.